The van der Waals surface area contributed by atoms with Crippen molar-refractivity contribution in [2.24, 2.45) is 4.99 Å². The van der Waals surface area contributed by atoms with E-state index in [4.69, 9.17) is 9.47 Å². The highest BCUT2D eigenvalue weighted by Crippen LogP contribution is 2.38. The van der Waals surface area contributed by atoms with Crippen LogP contribution in [0.5, 0.6) is 0 Å². The molecular formula is C20H16F7NO3. The Morgan fingerprint density at radius 1 is 1.00 bits per heavy atom. The van der Waals surface area contributed by atoms with Gasteiger partial charge >= 0.3 is 12.4 Å². The molecule has 1 heterocycles. The molecule has 0 aromatic heterocycles. The van der Waals surface area contributed by atoms with Crippen LogP contribution in [0.15, 0.2) is 47.5 Å². The van der Waals surface area contributed by atoms with Crippen LogP contribution >= 0.6 is 0 Å². The fourth-order valence-corrected chi connectivity index (χ4v) is 2.92. The summed E-state index contributed by atoms with van der Waals surface area (Å²) < 4.78 is 103. The Kier molecular flexibility index (Phi) is 6.40. The van der Waals surface area contributed by atoms with Gasteiger partial charge in [0, 0.05) is 5.56 Å². The largest absolute Gasteiger partial charge is 0.416 e. The fraction of sp³-hybridized carbons (Fsp3) is 0.350. The number of ether oxygens (including phenoxy) is 2. The van der Waals surface area contributed by atoms with Gasteiger partial charge in [-0.15, -0.1) is 0 Å². The van der Waals surface area contributed by atoms with Gasteiger partial charge in [0.15, 0.2) is 6.23 Å². The Morgan fingerprint density at radius 2 is 1.55 bits per heavy atom. The molecule has 1 aliphatic heterocycles. The van der Waals surface area contributed by atoms with Gasteiger partial charge in [-0.25, -0.2) is 4.39 Å². The van der Waals surface area contributed by atoms with Crippen molar-refractivity contribution in [3.8, 4) is 0 Å². The van der Waals surface area contributed by atoms with Gasteiger partial charge in [0.1, 0.15) is 11.5 Å². The van der Waals surface area contributed by atoms with Gasteiger partial charge in [0.25, 0.3) is 0 Å². The highest BCUT2D eigenvalue weighted by atomic mass is 19.4. The van der Waals surface area contributed by atoms with Crippen molar-refractivity contribution in [3.05, 3.63) is 70.5 Å². The van der Waals surface area contributed by atoms with E-state index in [2.05, 4.69) is 4.99 Å². The summed E-state index contributed by atoms with van der Waals surface area (Å²) in [4.78, 5) is 3.96. The van der Waals surface area contributed by atoms with Gasteiger partial charge < -0.3 is 14.6 Å². The highest BCUT2D eigenvalue weighted by Gasteiger charge is 2.38. The number of hydrogen-bond acceptors (Lipinski definition) is 4. The minimum absolute atomic E-state index is 0.0219. The maximum absolute atomic E-state index is 13.2. The number of hydrogen-bond donors (Lipinski definition) is 1. The van der Waals surface area contributed by atoms with Crippen LogP contribution in [0.25, 0.3) is 0 Å². The van der Waals surface area contributed by atoms with Crippen molar-refractivity contribution in [2.75, 3.05) is 6.61 Å². The minimum atomic E-state index is -5.00. The van der Waals surface area contributed by atoms with Crippen LogP contribution in [0.2, 0.25) is 0 Å². The molecule has 2 aromatic carbocycles. The molecule has 1 aliphatic rings. The van der Waals surface area contributed by atoms with Crippen LogP contribution in [-0.2, 0) is 21.8 Å². The molecule has 3 rings (SSSR count). The summed E-state index contributed by atoms with van der Waals surface area (Å²) in [7, 11) is 0. The van der Waals surface area contributed by atoms with E-state index in [1.165, 1.54) is 19.1 Å². The SMILES string of the molecule is CC(OC1OCC(O)N=C1c1ccc(F)cc1)c1cc(C(F)(F)F)cc(C(F)(F)F)c1. The summed E-state index contributed by atoms with van der Waals surface area (Å²) >= 11 is 0. The second-order valence-corrected chi connectivity index (χ2v) is 6.78. The first-order valence-corrected chi connectivity index (χ1v) is 8.93. The lowest BCUT2D eigenvalue weighted by Gasteiger charge is -2.29. The van der Waals surface area contributed by atoms with Gasteiger partial charge in [0.2, 0.25) is 6.29 Å². The number of aliphatic hydroxyl groups excluding tert-OH is 1. The van der Waals surface area contributed by atoms with Crippen LogP contribution in [0.1, 0.15) is 35.3 Å². The number of nitrogens with zero attached hydrogens (tertiary/aromatic N) is 1. The lowest BCUT2D eigenvalue weighted by atomic mass is 10.0. The van der Waals surface area contributed by atoms with E-state index >= 15 is 0 Å². The lowest BCUT2D eigenvalue weighted by Crippen LogP contribution is -2.37. The summed E-state index contributed by atoms with van der Waals surface area (Å²) in [6.07, 6.45) is -13.8. The highest BCUT2D eigenvalue weighted by molar-refractivity contribution is 6.03. The third kappa shape index (κ3) is 5.60. The average Bonchev–Trinajstić information content (AvgIpc) is 2.68. The fourth-order valence-electron chi connectivity index (χ4n) is 2.92. The quantitative estimate of drug-likeness (QED) is 0.658. The molecule has 31 heavy (non-hydrogen) atoms. The van der Waals surface area contributed by atoms with Crippen molar-refractivity contribution < 1.29 is 45.3 Å². The van der Waals surface area contributed by atoms with Crippen LogP contribution in [0.3, 0.4) is 0 Å². The van der Waals surface area contributed by atoms with Crippen LogP contribution in [-0.4, -0.2) is 29.9 Å². The zero-order chi connectivity index (χ0) is 23.0. The number of aliphatic imine (C=N–C) groups is 1. The number of halogens is 7. The molecule has 1 N–H and O–H groups in total. The number of aliphatic hydroxyl groups is 1. The van der Waals surface area contributed by atoms with Crippen LogP contribution < -0.4 is 0 Å². The van der Waals surface area contributed by atoms with E-state index in [0.29, 0.717) is 17.7 Å². The summed E-state index contributed by atoms with van der Waals surface area (Å²) in [6.45, 7) is 0.949. The normalized spacial score (nSPS) is 21.0. The molecule has 0 saturated heterocycles. The standard InChI is InChI=1S/C20H16F7NO3/c1-10(12-6-13(19(22,23)24)8-14(7-12)20(25,26)27)31-18-17(28-16(29)9-30-18)11-2-4-15(21)5-3-11/h2-8,10,16,18,29H,9H2,1H3. The zero-order valence-electron chi connectivity index (χ0n) is 15.8. The number of rotatable bonds is 4. The van der Waals surface area contributed by atoms with Crippen molar-refractivity contribution >= 4 is 5.71 Å². The first-order chi connectivity index (χ1) is 14.3. The summed E-state index contributed by atoms with van der Waals surface area (Å²) in [5.74, 6) is -0.545. The van der Waals surface area contributed by atoms with Gasteiger partial charge in [0.05, 0.1) is 23.8 Å². The van der Waals surface area contributed by atoms with E-state index in [0.717, 1.165) is 12.1 Å². The molecule has 3 unspecified atom stereocenters. The summed E-state index contributed by atoms with van der Waals surface area (Å²) in [5, 5.41) is 9.72. The molecule has 11 heteroatoms. The molecular weight excluding hydrogens is 435 g/mol. The van der Waals surface area contributed by atoms with Crippen LogP contribution in [0, 0.1) is 5.82 Å². The van der Waals surface area contributed by atoms with Crippen molar-refractivity contribution in [1.82, 2.24) is 0 Å². The van der Waals surface area contributed by atoms with Gasteiger partial charge in [-0.05, 0) is 42.8 Å². The Hall–Kier alpha value is -2.50. The average molecular weight is 451 g/mol. The first kappa shape index (κ1) is 23.2. The van der Waals surface area contributed by atoms with Crippen molar-refractivity contribution in [2.45, 2.75) is 37.9 Å². The molecule has 4 nitrogen and oxygen atoms in total. The second kappa shape index (κ2) is 8.56. The molecule has 2 aromatic rings. The van der Waals surface area contributed by atoms with Crippen molar-refractivity contribution in [1.29, 1.82) is 0 Å². The Bertz CT molecular complexity index is 922. The van der Waals surface area contributed by atoms with Crippen LogP contribution in [0.4, 0.5) is 30.7 Å². The second-order valence-electron chi connectivity index (χ2n) is 6.78. The maximum Gasteiger partial charge on any atom is 0.416 e. The molecule has 0 saturated carbocycles. The predicted molar refractivity (Wildman–Crippen MR) is 94.6 cm³/mol. The van der Waals surface area contributed by atoms with Gasteiger partial charge in [-0.1, -0.05) is 12.1 Å². The van der Waals surface area contributed by atoms with Gasteiger partial charge in [-0.3, -0.25) is 4.99 Å². The molecule has 0 fully saturated rings. The molecule has 168 valence electrons. The Morgan fingerprint density at radius 3 is 2.06 bits per heavy atom. The smallest absolute Gasteiger partial charge is 0.370 e. The minimum Gasteiger partial charge on any atom is -0.370 e. The Balaban J connectivity index is 1.93. The zero-order valence-corrected chi connectivity index (χ0v) is 15.8. The molecule has 0 spiro atoms. The first-order valence-electron chi connectivity index (χ1n) is 8.93. The van der Waals surface area contributed by atoms with E-state index in [9.17, 15) is 35.8 Å². The van der Waals surface area contributed by atoms with Crippen molar-refractivity contribution in [3.63, 3.8) is 0 Å². The summed E-state index contributed by atoms with van der Waals surface area (Å²) in [6, 6.07) is 6.02. The molecule has 0 amide bonds. The Labute approximate surface area is 171 Å². The van der Waals surface area contributed by atoms with E-state index < -0.39 is 47.9 Å². The topological polar surface area (TPSA) is 51.0 Å². The number of benzene rings is 2. The predicted octanol–water partition coefficient (Wildman–Crippen LogP) is 5.10. The summed E-state index contributed by atoms with van der Waals surface area (Å²) in [5.41, 5.74) is -3.00. The lowest BCUT2D eigenvalue weighted by molar-refractivity contribution is -0.151. The van der Waals surface area contributed by atoms with E-state index in [1.807, 2.05) is 0 Å². The third-order valence-electron chi connectivity index (χ3n) is 4.46. The number of alkyl halides is 6. The van der Waals surface area contributed by atoms with Gasteiger partial charge in [-0.2, -0.15) is 26.3 Å². The molecule has 3 atom stereocenters. The van der Waals surface area contributed by atoms with E-state index in [-0.39, 0.29) is 23.9 Å². The third-order valence-corrected chi connectivity index (χ3v) is 4.46. The maximum atomic E-state index is 13.2. The molecule has 0 radical (unpaired) electrons. The molecule has 0 bridgehead atoms. The molecule has 0 aliphatic carbocycles. The monoisotopic (exact) mass is 451 g/mol. The van der Waals surface area contributed by atoms with E-state index in [1.54, 1.807) is 0 Å².